The third-order valence-corrected chi connectivity index (χ3v) is 4.48. The van der Waals surface area contributed by atoms with Crippen LogP contribution < -0.4 is 10.6 Å². The van der Waals surface area contributed by atoms with Gasteiger partial charge < -0.3 is 10.6 Å². The van der Waals surface area contributed by atoms with Gasteiger partial charge in [-0.1, -0.05) is 0 Å². The maximum atomic E-state index is 12.0. The molecule has 0 radical (unpaired) electrons. The number of rotatable bonds is 4. The number of piperazine rings is 1. The average Bonchev–Trinajstić information content (AvgIpc) is 2.69. The van der Waals surface area contributed by atoms with E-state index in [1.807, 2.05) is 0 Å². The van der Waals surface area contributed by atoms with Crippen molar-refractivity contribution < 1.29 is 4.79 Å². The van der Waals surface area contributed by atoms with Gasteiger partial charge in [0.2, 0.25) is 5.91 Å². The van der Waals surface area contributed by atoms with Crippen molar-refractivity contribution in [3.63, 3.8) is 0 Å². The van der Waals surface area contributed by atoms with Crippen LogP contribution in [-0.2, 0) is 4.79 Å². The zero-order chi connectivity index (χ0) is 13.8. The summed E-state index contributed by atoms with van der Waals surface area (Å²) < 4.78 is 0. The topological polar surface area (TPSA) is 44.4 Å². The quantitative estimate of drug-likeness (QED) is 0.878. The third kappa shape index (κ3) is 4.03. The maximum absolute atomic E-state index is 12.0. The van der Waals surface area contributed by atoms with E-state index < -0.39 is 0 Å². The number of nitrogens with zero attached hydrogens (tertiary/aromatic N) is 1. The molecule has 1 aromatic rings. The van der Waals surface area contributed by atoms with E-state index in [1.165, 1.54) is 15.3 Å². The van der Waals surface area contributed by atoms with E-state index in [4.69, 9.17) is 0 Å². The molecule has 5 heteroatoms. The van der Waals surface area contributed by atoms with Crippen LogP contribution in [0, 0.1) is 13.8 Å². The fourth-order valence-electron chi connectivity index (χ4n) is 2.52. The van der Waals surface area contributed by atoms with Crippen LogP contribution in [0.25, 0.3) is 0 Å². The van der Waals surface area contributed by atoms with E-state index >= 15 is 0 Å². The lowest BCUT2D eigenvalue weighted by Crippen LogP contribution is -2.47. The molecule has 0 bridgehead atoms. The molecule has 0 saturated carbocycles. The van der Waals surface area contributed by atoms with Gasteiger partial charge in [-0.05, 0) is 32.4 Å². The van der Waals surface area contributed by atoms with Crippen molar-refractivity contribution in [1.82, 2.24) is 15.5 Å². The minimum Gasteiger partial charge on any atom is -0.348 e. The highest BCUT2D eigenvalue weighted by atomic mass is 32.1. The number of carbonyl (C=O) groups is 1. The van der Waals surface area contributed by atoms with Gasteiger partial charge in [-0.3, -0.25) is 9.69 Å². The summed E-state index contributed by atoms with van der Waals surface area (Å²) in [5, 5.41) is 6.40. The number of nitrogens with one attached hydrogen (secondary N) is 2. The molecule has 106 valence electrons. The molecular formula is C14H23N3OS. The first-order valence-electron chi connectivity index (χ1n) is 6.85. The van der Waals surface area contributed by atoms with Crippen LogP contribution in [0.3, 0.4) is 0 Å². The van der Waals surface area contributed by atoms with Crippen LogP contribution in [0.2, 0.25) is 0 Å². The Morgan fingerprint density at radius 3 is 2.74 bits per heavy atom. The molecule has 0 aliphatic carbocycles. The Morgan fingerprint density at radius 1 is 1.47 bits per heavy atom. The summed E-state index contributed by atoms with van der Waals surface area (Å²) in [6.07, 6.45) is 0. The van der Waals surface area contributed by atoms with Gasteiger partial charge in [-0.2, -0.15) is 0 Å². The molecule has 4 nitrogen and oxygen atoms in total. The molecule has 1 aliphatic heterocycles. The second kappa shape index (κ2) is 6.50. The van der Waals surface area contributed by atoms with Crippen molar-refractivity contribution in [3.05, 3.63) is 21.4 Å². The highest BCUT2D eigenvalue weighted by Crippen LogP contribution is 2.25. The van der Waals surface area contributed by atoms with E-state index in [2.05, 4.69) is 42.4 Å². The largest absolute Gasteiger partial charge is 0.348 e. The zero-order valence-corrected chi connectivity index (χ0v) is 12.8. The Balaban J connectivity index is 1.86. The average molecular weight is 281 g/mol. The Labute approximate surface area is 119 Å². The van der Waals surface area contributed by atoms with Gasteiger partial charge in [0.15, 0.2) is 0 Å². The smallest absolute Gasteiger partial charge is 0.234 e. The van der Waals surface area contributed by atoms with Crippen LogP contribution in [0.1, 0.15) is 28.3 Å². The predicted octanol–water partition coefficient (Wildman–Crippen LogP) is 1.45. The van der Waals surface area contributed by atoms with Gasteiger partial charge in [-0.15, -0.1) is 11.3 Å². The highest BCUT2D eigenvalue weighted by molar-refractivity contribution is 7.12. The lowest BCUT2D eigenvalue weighted by Gasteiger charge is -2.27. The molecule has 1 atom stereocenters. The second-order valence-electron chi connectivity index (χ2n) is 5.18. The van der Waals surface area contributed by atoms with E-state index in [-0.39, 0.29) is 11.9 Å². The number of amides is 1. The van der Waals surface area contributed by atoms with Crippen molar-refractivity contribution in [2.45, 2.75) is 26.8 Å². The summed E-state index contributed by atoms with van der Waals surface area (Å²) in [4.78, 5) is 16.8. The van der Waals surface area contributed by atoms with Crippen molar-refractivity contribution in [3.8, 4) is 0 Å². The second-order valence-corrected chi connectivity index (χ2v) is 6.64. The van der Waals surface area contributed by atoms with Crippen molar-refractivity contribution in [2.24, 2.45) is 0 Å². The minimum atomic E-state index is 0.0976. The Bertz CT molecular complexity index is 438. The number of carbonyl (C=O) groups excluding carboxylic acids is 1. The summed E-state index contributed by atoms with van der Waals surface area (Å²) in [6.45, 7) is 10.7. The van der Waals surface area contributed by atoms with Gasteiger partial charge in [0, 0.05) is 35.9 Å². The van der Waals surface area contributed by atoms with Gasteiger partial charge in [0.25, 0.3) is 0 Å². The lowest BCUT2D eigenvalue weighted by molar-refractivity contribution is -0.123. The van der Waals surface area contributed by atoms with E-state index in [9.17, 15) is 4.79 Å². The monoisotopic (exact) mass is 281 g/mol. The lowest BCUT2D eigenvalue weighted by atomic mass is 10.1. The summed E-state index contributed by atoms with van der Waals surface area (Å²) in [7, 11) is 0. The van der Waals surface area contributed by atoms with Crippen molar-refractivity contribution >= 4 is 17.2 Å². The fourth-order valence-corrected chi connectivity index (χ4v) is 3.54. The third-order valence-electron chi connectivity index (χ3n) is 3.50. The fraction of sp³-hybridized carbons (Fsp3) is 0.643. The normalized spacial score (nSPS) is 18.3. The molecule has 0 aromatic carbocycles. The molecule has 2 N–H and O–H groups in total. The number of aryl methyl sites for hydroxylation is 2. The molecule has 1 fully saturated rings. The first-order chi connectivity index (χ1) is 9.06. The molecule has 1 amide bonds. The first kappa shape index (κ1) is 14.5. The van der Waals surface area contributed by atoms with Crippen LogP contribution in [0.4, 0.5) is 0 Å². The Morgan fingerprint density at radius 2 is 2.16 bits per heavy atom. The van der Waals surface area contributed by atoms with Gasteiger partial charge in [-0.25, -0.2) is 0 Å². The van der Waals surface area contributed by atoms with Gasteiger partial charge >= 0.3 is 0 Å². The van der Waals surface area contributed by atoms with Crippen LogP contribution in [-0.4, -0.2) is 43.5 Å². The highest BCUT2D eigenvalue weighted by Gasteiger charge is 2.17. The SMILES string of the molecule is Cc1cc(C(C)NC(=O)CN2CCNCC2)c(C)s1. The Kier molecular flexibility index (Phi) is 4.96. The molecule has 2 rings (SSSR count). The minimum absolute atomic E-state index is 0.0976. The predicted molar refractivity (Wildman–Crippen MR) is 79.7 cm³/mol. The Hall–Kier alpha value is -0.910. The standard InChI is InChI=1S/C14H23N3OS/c1-10-8-13(12(3)19-10)11(2)16-14(18)9-17-6-4-15-5-7-17/h8,11,15H,4-7,9H2,1-3H3,(H,16,18). The molecular weight excluding hydrogens is 258 g/mol. The van der Waals surface area contributed by atoms with Crippen LogP contribution in [0.5, 0.6) is 0 Å². The molecule has 2 heterocycles. The summed E-state index contributed by atoms with van der Waals surface area (Å²) in [5.74, 6) is 0.123. The summed E-state index contributed by atoms with van der Waals surface area (Å²) >= 11 is 1.79. The van der Waals surface area contributed by atoms with E-state index in [1.54, 1.807) is 11.3 Å². The van der Waals surface area contributed by atoms with E-state index in [0.717, 1.165) is 26.2 Å². The van der Waals surface area contributed by atoms with Crippen molar-refractivity contribution in [1.29, 1.82) is 0 Å². The molecule has 1 saturated heterocycles. The van der Waals surface area contributed by atoms with Crippen LogP contribution in [0.15, 0.2) is 6.07 Å². The first-order valence-corrected chi connectivity index (χ1v) is 7.67. The number of thiophene rings is 1. The molecule has 1 unspecified atom stereocenters. The van der Waals surface area contributed by atoms with Crippen molar-refractivity contribution in [2.75, 3.05) is 32.7 Å². The van der Waals surface area contributed by atoms with E-state index in [0.29, 0.717) is 6.54 Å². The molecule has 1 aromatic heterocycles. The molecule has 1 aliphatic rings. The molecule has 0 spiro atoms. The maximum Gasteiger partial charge on any atom is 0.234 e. The summed E-state index contributed by atoms with van der Waals surface area (Å²) in [6, 6.07) is 2.27. The molecule has 19 heavy (non-hydrogen) atoms. The van der Waals surface area contributed by atoms with Gasteiger partial charge in [0.05, 0.1) is 12.6 Å². The number of hydrogen-bond acceptors (Lipinski definition) is 4. The van der Waals surface area contributed by atoms with Gasteiger partial charge in [0.1, 0.15) is 0 Å². The number of hydrogen-bond donors (Lipinski definition) is 2. The zero-order valence-electron chi connectivity index (χ0n) is 12.0. The summed E-state index contributed by atoms with van der Waals surface area (Å²) in [5.41, 5.74) is 1.25. The van der Waals surface area contributed by atoms with Crippen LogP contribution >= 0.6 is 11.3 Å².